The number of para-hydroxylation sites is 1. The number of thioether (sulfide) groups is 1. The Balaban J connectivity index is 2.03. The van der Waals surface area contributed by atoms with E-state index >= 15 is 0 Å². The number of nitrogens with two attached hydrogens (primary N) is 1. The van der Waals surface area contributed by atoms with Crippen molar-refractivity contribution in [1.82, 2.24) is 14.7 Å². The third kappa shape index (κ3) is 3.67. The molecule has 4 rings (SSSR count). The fourth-order valence-electron chi connectivity index (χ4n) is 4.12. The van der Waals surface area contributed by atoms with Crippen molar-refractivity contribution >= 4 is 41.2 Å². The van der Waals surface area contributed by atoms with Crippen LogP contribution < -0.4 is 5.73 Å². The van der Waals surface area contributed by atoms with E-state index in [1.54, 1.807) is 20.8 Å². The number of amides is 1. The number of aromatic nitrogens is 2. The highest BCUT2D eigenvalue weighted by atomic mass is 35.5. The summed E-state index contributed by atoms with van der Waals surface area (Å²) < 4.78 is 11.9. The maximum Gasteiger partial charge on any atom is 0.338 e. The normalized spacial score (nSPS) is 20.0. The standard InChI is InChI=1S/C23H23ClN4O5S/c1-5-33-23(31)16-15(14-11(2)26-28(18(14)24)13-9-7-6-8-10-13)17(22(30)32-4)21-27(19(16)25)20(29)12(3)34-21/h6-10,12,15H,5,25H2,1-4H3/t12-,15-/m1/s1. The monoisotopic (exact) mass is 502 g/mol. The minimum absolute atomic E-state index is 0.0633. The number of rotatable bonds is 5. The summed E-state index contributed by atoms with van der Waals surface area (Å²) in [7, 11) is 1.23. The lowest BCUT2D eigenvalue weighted by atomic mass is 9.82. The van der Waals surface area contributed by atoms with Crippen LogP contribution >= 0.6 is 23.4 Å². The number of esters is 2. The minimum atomic E-state index is -1.05. The van der Waals surface area contributed by atoms with Crippen molar-refractivity contribution in [3.63, 3.8) is 0 Å². The van der Waals surface area contributed by atoms with Crippen LogP contribution in [0.1, 0.15) is 31.0 Å². The molecule has 11 heteroatoms. The number of halogens is 1. The Morgan fingerprint density at radius 3 is 2.50 bits per heavy atom. The van der Waals surface area contributed by atoms with Crippen LogP contribution in [0, 0.1) is 6.92 Å². The van der Waals surface area contributed by atoms with Crippen LogP contribution in [0.5, 0.6) is 0 Å². The predicted molar refractivity (Wildman–Crippen MR) is 127 cm³/mol. The molecule has 2 atom stereocenters. The molecule has 0 unspecified atom stereocenters. The number of carbonyl (C=O) groups excluding carboxylic acids is 3. The molecule has 2 aliphatic heterocycles. The van der Waals surface area contributed by atoms with Gasteiger partial charge in [0.05, 0.1) is 52.4 Å². The van der Waals surface area contributed by atoms with Crippen molar-refractivity contribution in [3.05, 3.63) is 68.7 Å². The number of fused-ring (bicyclic) bond motifs is 1. The number of hydrogen-bond acceptors (Lipinski definition) is 8. The lowest BCUT2D eigenvalue weighted by Crippen LogP contribution is -2.40. The Hall–Kier alpha value is -3.24. The molecule has 0 spiro atoms. The summed E-state index contributed by atoms with van der Waals surface area (Å²) in [6, 6.07) is 9.20. The summed E-state index contributed by atoms with van der Waals surface area (Å²) in [5.74, 6) is -2.96. The highest BCUT2D eigenvalue weighted by Gasteiger charge is 2.50. The molecular formula is C23H23ClN4O5S. The molecule has 3 heterocycles. The molecule has 178 valence electrons. The van der Waals surface area contributed by atoms with E-state index in [1.807, 2.05) is 30.3 Å². The van der Waals surface area contributed by atoms with Gasteiger partial charge in [-0.3, -0.25) is 9.69 Å². The zero-order valence-corrected chi connectivity index (χ0v) is 20.6. The van der Waals surface area contributed by atoms with Gasteiger partial charge in [-0.2, -0.15) is 5.10 Å². The van der Waals surface area contributed by atoms with Gasteiger partial charge in [0, 0.05) is 5.56 Å². The second-order valence-corrected chi connectivity index (χ2v) is 9.32. The van der Waals surface area contributed by atoms with Crippen molar-refractivity contribution in [2.24, 2.45) is 5.73 Å². The highest BCUT2D eigenvalue weighted by Crippen LogP contribution is 2.51. The first kappa shape index (κ1) is 23.9. The van der Waals surface area contributed by atoms with Crippen LogP contribution in [0.4, 0.5) is 0 Å². The number of methoxy groups -OCH3 is 1. The van der Waals surface area contributed by atoms with Crippen LogP contribution in [-0.4, -0.2) is 51.5 Å². The molecule has 1 amide bonds. The van der Waals surface area contributed by atoms with Gasteiger partial charge in [0.25, 0.3) is 0 Å². The number of carbonyl (C=O) groups is 3. The molecule has 0 saturated carbocycles. The highest BCUT2D eigenvalue weighted by molar-refractivity contribution is 8.04. The molecular weight excluding hydrogens is 480 g/mol. The second-order valence-electron chi connectivity index (χ2n) is 7.63. The van der Waals surface area contributed by atoms with E-state index in [4.69, 9.17) is 26.8 Å². The zero-order chi connectivity index (χ0) is 24.7. The molecule has 2 aliphatic rings. The third-order valence-corrected chi connectivity index (χ3v) is 7.17. The van der Waals surface area contributed by atoms with E-state index < -0.39 is 23.1 Å². The van der Waals surface area contributed by atoms with Crippen LogP contribution in [-0.2, 0) is 23.9 Å². The fourth-order valence-corrected chi connectivity index (χ4v) is 5.66. The number of nitrogens with zero attached hydrogens (tertiary/aromatic N) is 3. The fraction of sp³-hybridized carbons (Fsp3) is 0.304. The lowest BCUT2D eigenvalue weighted by Gasteiger charge is -2.32. The molecule has 34 heavy (non-hydrogen) atoms. The van der Waals surface area contributed by atoms with Gasteiger partial charge < -0.3 is 15.2 Å². The minimum Gasteiger partial charge on any atom is -0.466 e. The van der Waals surface area contributed by atoms with Crippen LogP contribution in [0.15, 0.2) is 52.3 Å². The molecule has 9 nitrogen and oxygen atoms in total. The average molecular weight is 503 g/mol. The van der Waals surface area contributed by atoms with Crippen molar-refractivity contribution in [2.75, 3.05) is 13.7 Å². The third-order valence-electron chi connectivity index (χ3n) is 5.62. The van der Waals surface area contributed by atoms with Gasteiger partial charge in [-0.05, 0) is 32.9 Å². The Labute approximate surface area is 205 Å². The van der Waals surface area contributed by atoms with Crippen molar-refractivity contribution in [2.45, 2.75) is 31.9 Å². The predicted octanol–water partition coefficient (Wildman–Crippen LogP) is 3.01. The summed E-state index contributed by atoms with van der Waals surface area (Å²) in [6.45, 7) is 5.15. The van der Waals surface area contributed by atoms with E-state index in [9.17, 15) is 14.4 Å². The summed E-state index contributed by atoms with van der Waals surface area (Å²) in [4.78, 5) is 40.4. The number of hydrogen-bond donors (Lipinski definition) is 1. The van der Waals surface area contributed by atoms with Gasteiger partial charge in [0.2, 0.25) is 5.91 Å². The molecule has 2 aromatic rings. The molecule has 0 aliphatic carbocycles. The van der Waals surface area contributed by atoms with Gasteiger partial charge in [-0.15, -0.1) is 0 Å². The van der Waals surface area contributed by atoms with Gasteiger partial charge in [-0.1, -0.05) is 41.6 Å². The first-order chi connectivity index (χ1) is 16.2. The molecule has 2 N–H and O–H groups in total. The maximum absolute atomic E-state index is 13.2. The SMILES string of the molecule is CCOC(=O)C1=C(N)N2C(=O)[C@@H](C)SC2=C(C(=O)OC)[C@@H]1c1c(C)nn(-c2ccccc2)c1Cl. The summed E-state index contributed by atoms with van der Waals surface area (Å²) in [5, 5.41) is 4.55. The number of ether oxygens (including phenoxy) is 2. The Bertz CT molecular complexity index is 1250. The number of benzene rings is 1. The first-order valence-electron chi connectivity index (χ1n) is 10.5. The van der Waals surface area contributed by atoms with Crippen LogP contribution in [0.3, 0.4) is 0 Å². The summed E-state index contributed by atoms with van der Waals surface area (Å²) >= 11 is 8.00. The van der Waals surface area contributed by atoms with E-state index in [2.05, 4.69) is 5.10 Å². The van der Waals surface area contributed by atoms with Crippen molar-refractivity contribution in [1.29, 1.82) is 0 Å². The topological polar surface area (TPSA) is 117 Å². The molecule has 1 fully saturated rings. The summed E-state index contributed by atoms with van der Waals surface area (Å²) in [6.07, 6.45) is 0. The second kappa shape index (κ2) is 9.19. The van der Waals surface area contributed by atoms with Crippen LogP contribution in [0.2, 0.25) is 5.15 Å². The lowest BCUT2D eigenvalue weighted by molar-refractivity contribution is -0.139. The molecule has 1 aromatic heterocycles. The smallest absolute Gasteiger partial charge is 0.338 e. The Morgan fingerprint density at radius 1 is 1.21 bits per heavy atom. The van der Waals surface area contributed by atoms with Gasteiger partial charge in [-0.25, -0.2) is 14.3 Å². The van der Waals surface area contributed by atoms with Gasteiger partial charge in [0.15, 0.2) is 0 Å². The molecule has 1 aromatic carbocycles. The van der Waals surface area contributed by atoms with Gasteiger partial charge >= 0.3 is 11.9 Å². The van der Waals surface area contributed by atoms with E-state index in [0.717, 1.165) is 0 Å². The van der Waals surface area contributed by atoms with E-state index in [-0.39, 0.29) is 34.6 Å². The van der Waals surface area contributed by atoms with Crippen molar-refractivity contribution < 1.29 is 23.9 Å². The van der Waals surface area contributed by atoms with Crippen molar-refractivity contribution in [3.8, 4) is 5.69 Å². The molecule has 0 radical (unpaired) electrons. The quantitative estimate of drug-likeness (QED) is 0.620. The molecule has 1 saturated heterocycles. The summed E-state index contributed by atoms with van der Waals surface area (Å²) in [5.41, 5.74) is 8.00. The zero-order valence-electron chi connectivity index (χ0n) is 19.0. The largest absolute Gasteiger partial charge is 0.466 e. The Kier molecular flexibility index (Phi) is 6.46. The maximum atomic E-state index is 13.2. The first-order valence-corrected chi connectivity index (χ1v) is 11.8. The van der Waals surface area contributed by atoms with E-state index in [0.29, 0.717) is 22.0 Å². The van der Waals surface area contributed by atoms with E-state index in [1.165, 1.54) is 28.5 Å². The molecule has 0 bridgehead atoms. The van der Waals surface area contributed by atoms with Crippen LogP contribution in [0.25, 0.3) is 5.69 Å². The average Bonchev–Trinajstić information content (AvgIpc) is 3.28. The number of aryl methyl sites for hydroxylation is 1. The Morgan fingerprint density at radius 2 is 1.88 bits per heavy atom. The van der Waals surface area contributed by atoms with Gasteiger partial charge in [0.1, 0.15) is 11.0 Å².